The summed E-state index contributed by atoms with van der Waals surface area (Å²) in [5.41, 5.74) is 7.45. The highest BCUT2D eigenvalue weighted by Gasteiger charge is 2.13. The van der Waals surface area contributed by atoms with Crippen LogP contribution in [0.15, 0.2) is 119 Å². The standard InChI is InChI=1S/C27H21N3/c1-3-9-20(10-4-1)19-21-15-17-22(18-16-21)26-27(24-13-7-8-14-25(24)28-26)30-29-23-11-5-2-6-12-23/h1-18,28H,19H2. The van der Waals surface area contributed by atoms with E-state index in [1.807, 2.05) is 48.5 Å². The third-order valence-corrected chi connectivity index (χ3v) is 5.19. The molecule has 0 unspecified atom stereocenters. The van der Waals surface area contributed by atoms with Gasteiger partial charge in [0.1, 0.15) is 5.69 Å². The number of azo groups is 1. The number of nitrogens with one attached hydrogen (secondary N) is 1. The second kappa shape index (κ2) is 8.18. The highest BCUT2D eigenvalue weighted by molar-refractivity contribution is 5.99. The van der Waals surface area contributed by atoms with Crippen LogP contribution in [0.4, 0.5) is 11.4 Å². The number of rotatable bonds is 5. The molecule has 0 spiro atoms. The molecule has 0 amide bonds. The summed E-state index contributed by atoms with van der Waals surface area (Å²) in [6.45, 7) is 0. The molecular formula is C27H21N3. The van der Waals surface area contributed by atoms with E-state index in [-0.39, 0.29) is 0 Å². The third-order valence-electron chi connectivity index (χ3n) is 5.19. The van der Waals surface area contributed by atoms with Crippen molar-refractivity contribution in [2.75, 3.05) is 0 Å². The van der Waals surface area contributed by atoms with Crippen molar-refractivity contribution in [2.24, 2.45) is 10.2 Å². The molecule has 0 saturated carbocycles. The van der Waals surface area contributed by atoms with E-state index in [1.54, 1.807) is 0 Å². The van der Waals surface area contributed by atoms with Crippen LogP contribution >= 0.6 is 0 Å². The molecule has 0 aliphatic heterocycles. The third kappa shape index (κ3) is 3.78. The Morgan fingerprint density at radius 3 is 1.97 bits per heavy atom. The van der Waals surface area contributed by atoms with Gasteiger partial charge in [-0.05, 0) is 35.7 Å². The van der Waals surface area contributed by atoms with Crippen LogP contribution in [0.25, 0.3) is 22.2 Å². The van der Waals surface area contributed by atoms with Gasteiger partial charge in [0.2, 0.25) is 0 Å². The fourth-order valence-corrected chi connectivity index (χ4v) is 3.66. The lowest BCUT2D eigenvalue weighted by Crippen LogP contribution is -1.88. The van der Waals surface area contributed by atoms with Gasteiger partial charge >= 0.3 is 0 Å². The van der Waals surface area contributed by atoms with E-state index in [2.05, 4.69) is 75.9 Å². The maximum Gasteiger partial charge on any atom is 0.119 e. The van der Waals surface area contributed by atoms with Crippen LogP contribution in [-0.2, 0) is 6.42 Å². The Bertz CT molecular complexity index is 1280. The summed E-state index contributed by atoms with van der Waals surface area (Å²) in [5, 5.41) is 10.2. The molecule has 3 nitrogen and oxygen atoms in total. The number of hydrogen-bond acceptors (Lipinski definition) is 2. The van der Waals surface area contributed by atoms with Crippen molar-refractivity contribution in [1.29, 1.82) is 0 Å². The van der Waals surface area contributed by atoms with Crippen molar-refractivity contribution >= 4 is 22.3 Å². The van der Waals surface area contributed by atoms with Gasteiger partial charge in [0.15, 0.2) is 0 Å². The van der Waals surface area contributed by atoms with Crippen LogP contribution in [0.2, 0.25) is 0 Å². The fraction of sp³-hybridized carbons (Fsp3) is 0.0370. The van der Waals surface area contributed by atoms with Crippen molar-refractivity contribution in [1.82, 2.24) is 4.98 Å². The number of benzene rings is 4. The van der Waals surface area contributed by atoms with Crippen molar-refractivity contribution in [3.8, 4) is 11.3 Å². The van der Waals surface area contributed by atoms with Crippen LogP contribution in [0.1, 0.15) is 11.1 Å². The molecule has 5 rings (SSSR count). The predicted octanol–water partition coefficient (Wildman–Crippen LogP) is 7.84. The van der Waals surface area contributed by atoms with E-state index in [4.69, 9.17) is 0 Å². The highest BCUT2D eigenvalue weighted by atomic mass is 15.1. The molecule has 0 bridgehead atoms. The first-order valence-electron chi connectivity index (χ1n) is 10.1. The Hall–Kier alpha value is -3.98. The first-order chi connectivity index (χ1) is 14.9. The van der Waals surface area contributed by atoms with E-state index < -0.39 is 0 Å². The minimum Gasteiger partial charge on any atom is -0.353 e. The van der Waals surface area contributed by atoms with E-state index >= 15 is 0 Å². The molecular weight excluding hydrogens is 366 g/mol. The average molecular weight is 387 g/mol. The van der Waals surface area contributed by atoms with Crippen LogP contribution in [-0.4, -0.2) is 4.98 Å². The summed E-state index contributed by atoms with van der Waals surface area (Å²) >= 11 is 0. The van der Waals surface area contributed by atoms with Crippen LogP contribution in [0.3, 0.4) is 0 Å². The molecule has 5 aromatic rings. The summed E-state index contributed by atoms with van der Waals surface area (Å²) < 4.78 is 0. The molecule has 1 aromatic heterocycles. The number of aromatic amines is 1. The van der Waals surface area contributed by atoms with Gasteiger partial charge in [-0.1, -0.05) is 91.0 Å². The molecule has 0 atom stereocenters. The topological polar surface area (TPSA) is 40.5 Å². The number of fused-ring (bicyclic) bond motifs is 1. The quantitative estimate of drug-likeness (QED) is 0.298. The number of aromatic nitrogens is 1. The van der Waals surface area contributed by atoms with Crippen molar-refractivity contribution in [3.05, 3.63) is 120 Å². The average Bonchev–Trinajstić information content (AvgIpc) is 3.18. The first kappa shape index (κ1) is 18.1. The maximum absolute atomic E-state index is 4.62. The van der Waals surface area contributed by atoms with E-state index in [0.29, 0.717) is 0 Å². The molecule has 0 radical (unpaired) electrons. The number of nitrogens with zero attached hydrogens (tertiary/aromatic N) is 2. The van der Waals surface area contributed by atoms with Gasteiger partial charge < -0.3 is 4.98 Å². The van der Waals surface area contributed by atoms with Crippen molar-refractivity contribution < 1.29 is 0 Å². The zero-order chi connectivity index (χ0) is 20.2. The van der Waals surface area contributed by atoms with E-state index in [9.17, 15) is 0 Å². The van der Waals surface area contributed by atoms with Crippen LogP contribution < -0.4 is 0 Å². The SMILES string of the molecule is c1ccc(Cc2ccc(-c3[nH]c4ccccc4c3N=Nc3ccccc3)cc2)cc1. The summed E-state index contributed by atoms with van der Waals surface area (Å²) in [6.07, 6.45) is 0.925. The summed E-state index contributed by atoms with van der Waals surface area (Å²) in [6, 6.07) is 37.3. The molecule has 0 saturated heterocycles. The normalized spacial score (nSPS) is 11.3. The van der Waals surface area contributed by atoms with Gasteiger partial charge in [0, 0.05) is 16.5 Å². The lowest BCUT2D eigenvalue weighted by molar-refractivity contribution is 1.19. The monoisotopic (exact) mass is 387 g/mol. The fourth-order valence-electron chi connectivity index (χ4n) is 3.66. The lowest BCUT2D eigenvalue weighted by Gasteiger charge is -2.05. The highest BCUT2D eigenvalue weighted by Crippen LogP contribution is 2.38. The van der Waals surface area contributed by atoms with Crippen LogP contribution in [0, 0.1) is 0 Å². The smallest absolute Gasteiger partial charge is 0.119 e. The maximum atomic E-state index is 4.62. The lowest BCUT2D eigenvalue weighted by atomic mass is 10.0. The minimum absolute atomic E-state index is 0.840. The second-order valence-electron chi connectivity index (χ2n) is 7.29. The van der Waals surface area contributed by atoms with Gasteiger partial charge in [-0.3, -0.25) is 0 Å². The van der Waals surface area contributed by atoms with Gasteiger partial charge in [-0.15, -0.1) is 5.11 Å². The molecule has 0 aliphatic carbocycles. The van der Waals surface area contributed by atoms with Crippen molar-refractivity contribution in [3.63, 3.8) is 0 Å². The molecule has 0 fully saturated rings. The largest absolute Gasteiger partial charge is 0.353 e. The second-order valence-corrected chi connectivity index (χ2v) is 7.29. The van der Waals surface area contributed by atoms with Gasteiger partial charge in [0.05, 0.1) is 11.4 Å². The van der Waals surface area contributed by atoms with Gasteiger partial charge in [0.25, 0.3) is 0 Å². The molecule has 144 valence electrons. The van der Waals surface area contributed by atoms with Crippen molar-refractivity contribution in [2.45, 2.75) is 6.42 Å². The summed E-state index contributed by atoms with van der Waals surface area (Å²) in [4.78, 5) is 3.53. The van der Waals surface area contributed by atoms with Crippen LogP contribution in [0.5, 0.6) is 0 Å². The zero-order valence-corrected chi connectivity index (χ0v) is 16.5. The molecule has 1 heterocycles. The minimum atomic E-state index is 0.840. The number of hydrogen-bond donors (Lipinski definition) is 1. The summed E-state index contributed by atoms with van der Waals surface area (Å²) in [5.74, 6) is 0. The first-order valence-corrected chi connectivity index (χ1v) is 10.1. The molecule has 1 N–H and O–H groups in total. The molecule has 0 aliphatic rings. The predicted molar refractivity (Wildman–Crippen MR) is 124 cm³/mol. The van der Waals surface area contributed by atoms with Gasteiger partial charge in [-0.25, -0.2) is 0 Å². The Balaban J connectivity index is 1.51. The van der Waals surface area contributed by atoms with E-state index in [1.165, 1.54) is 11.1 Å². The zero-order valence-electron chi connectivity index (χ0n) is 16.5. The Morgan fingerprint density at radius 1 is 0.567 bits per heavy atom. The molecule has 3 heteroatoms. The molecule has 30 heavy (non-hydrogen) atoms. The Labute approximate surface area is 175 Å². The van der Waals surface area contributed by atoms with Gasteiger partial charge in [-0.2, -0.15) is 5.11 Å². The summed E-state index contributed by atoms with van der Waals surface area (Å²) in [7, 11) is 0. The molecule has 4 aromatic carbocycles. The van der Waals surface area contributed by atoms with E-state index in [0.717, 1.165) is 40.0 Å². The Morgan fingerprint density at radius 2 is 1.20 bits per heavy atom. The Kier molecular flexibility index (Phi) is 4.93. The number of H-pyrrole nitrogens is 1. The number of para-hydroxylation sites is 1.